The van der Waals surface area contributed by atoms with E-state index in [4.69, 9.17) is 0 Å². The zero-order chi connectivity index (χ0) is 9.84. The largest absolute Gasteiger partial charge is 0.310 e. The van der Waals surface area contributed by atoms with E-state index in [0.717, 1.165) is 11.1 Å². The highest BCUT2D eigenvalue weighted by Crippen LogP contribution is 2.06. The molecule has 1 atom stereocenters. The van der Waals surface area contributed by atoms with Crippen LogP contribution in [0.1, 0.15) is 22.8 Å². The molecular formula is C11H15NO. The molecule has 1 N–H and O–H groups in total. The van der Waals surface area contributed by atoms with Gasteiger partial charge in [-0.1, -0.05) is 23.8 Å². The molecule has 0 aliphatic carbocycles. The van der Waals surface area contributed by atoms with Crippen molar-refractivity contribution in [1.29, 1.82) is 0 Å². The lowest BCUT2D eigenvalue weighted by atomic mass is 10.0. The summed E-state index contributed by atoms with van der Waals surface area (Å²) in [5.74, 6) is 0.145. The van der Waals surface area contributed by atoms with Crippen molar-refractivity contribution in [2.75, 3.05) is 7.05 Å². The molecule has 1 aromatic carbocycles. The maximum atomic E-state index is 11.7. The Morgan fingerprint density at radius 3 is 2.69 bits per heavy atom. The molecule has 0 spiro atoms. The molecular weight excluding hydrogens is 162 g/mol. The van der Waals surface area contributed by atoms with Crippen molar-refractivity contribution >= 4 is 5.78 Å². The van der Waals surface area contributed by atoms with E-state index in [1.807, 2.05) is 38.1 Å². The number of nitrogens with one attached hydrogen (secondary N) is 1. The van der Waals surface area contributed by atoms with Gasteiger partial charge in [0.15, 0.2) is 5.78 Å². The molecule has 70 valence electrons. The zero-order valence-corrected chi connectivity index (χ0v) is 8.29. The molecule has 1 aromatic rings. The van der Waals surface area contributed by atoms with Gasteiger partial charge in [-0.15, -0.1) is 0 Å². The SMILES string of the molecule is CN[C@H](C)C(=O)c1cccc(C)c1. The second kappa shape index (κ2) is 4.19. The topological polar surface area (TPSA) is 29.1 Å². The van der Waals surface area contributed by atoms with Gasteiger partial charge in [0.05, 0.1) is 6.04 Å². The Morgan fingerprint density at radius 1 is 1.46 bits per heavy atom. The Bertz CT molecular complexity index is 307. The average molecular weight is 177 g/mol. The minimum Gasteiger partial charge on any atom is -0.310 e. The molecule has 1 rings (SSSR count). The quantitative estimate of drug-likeness (QED) is 0.713. The van der Waals surface area contributed by atoms with Crippen molar-refractivity contribution in [3.8, 4) is 0 Å². The van der Waals surface area contributed by atoms with Crippen molar-refractivity contribution in [2.24, 2.45) is 0 Å². The van der Waals surface area contributed by atoms with E-state index in [1.54, 1.807) is 7.05 Å². The van der Waals surface area contributed by atoms with E-state index < -0.39 is 0 Å². The highest BCUT2D eigenvalue weighted by atomic mass is 16.1. The second-order valence-electron chi connectivity index (χ2n) is 3.24. The Morgan fingerprint density at radius 2 is 2.15 bits per heavy atom. The molecule has 2 nitrogen and oxygen atoms in total. The predicted octanol–water partition coefficient (Wildman–Crippen LogP) is 1.79. The highest BCUT2D eigenvalue weighted by Gasteiger charge is 2.12. The van der Waals surface area contributed by atoms with Crippen molar-refractivity contribution in [2.45, 2.75) is 19.9 Å². The van der Waals surface area contributed by atoms with Crippen molar-refractivity contribution < 1.29 is 4.79 Å². The number of hydrogen-bond donors (Lipinski definition) is 1. The number of ketones is 1. The number of benzene rings is 1. The summed E-state index contributed by atoms with van der Waals surface area (Å²) in [7, 11) is 1.79. The van der Waals surface area contributed by atoms with Crippen LogP contribution in [0.4, 0.5) is 0 Å². The Labute approximate surface area is 79.0 Å². The van der Waals surface area contributed by atoms with Crippen molar-refractivity contribution in [3.05, 3.63) is 35.4 Å². The molecule has 0 fully saturated rings. The highest BCUT2D eigenvalue weighted by molar-refractivity contribution is 5.99. The van der Waals surface area contributed by atoms with E-state index in [2.05, 4.69) is 5.32 Å². The normalized spacial score (nSPS) is 12.5. The number of Topliss-reactive ketones (excluding diaryl/α,β-unsaturated/α-hetero) is 1. The molecule has 0 saturated carbocycles. The van der Waals surface area contributed by atoms with Crippen LogP contribution in [-0.4, -0.2) is 18.9 Å². The summed E-state index contributed by atoms with van der Waals surface area (Å²) < 4.78 is 0. The molecule has 0 aromatic heterocycles. The van der Waals surface area contributed by atoms with Gasteiger partial charge in [0.1, 0.15) is 0 Å². The summed E-state index contributed by atoms with van der Waals surface area (Å²) in [4.78, 5) is 11.7. The summed E-state index contributed by atoms with van der Waals surface area (Å²) in [6.45, 7) is 3.85. The number of carbonyl (C=O) groups is 1. The first kappa shape index (κ1) is 9.93. The van der Waals surface area contributed by atoms with Crippen molar-refractivity contribution in [3.63, 3.8) is 0 Å². The van der Waals surface area contributed by atoms with Gasteiger partial charge in [0.25, 0.3) is 0 Å². The maximum Gasteiger partial charge on any atom is 0.179 e. The summed E-state index contributed by atoms with van der Waals surface area (Å²) in [6, 6.07) is 7.55. The van der Waals surface area contributed by atoms with Crippen LogP contribution in [0.25, 0.3) is 0 Å². The molecule has 0 unspecified atom stereocenters. The van der Waals surface area contributed by atoms with Gasteiger partial charge >= 0.3 is 0 Å². The van der Waals surface area contributed by atoms with Gasteiger partial charge in [-0.25, -0.2) is 0 Å². The lowest BCUT2D eigenvalue weighted by Gasteiger charge is -2.08. The van der Waals surface area contributed by atoms with Crippen LogP contribution >= 0.6 is 0 Å². The van der Waals surface area contributed by atoms with Crippen LogP contribution in [0.15, 0.2) is 24.3 Å². The zero-order valence-electron chi connectivity index (χ0n) is 8.29. The van der Waals surface area contributed by atoms with Crippen LogP contribution in [0.2, 0.25) is 0 Å². The number of likely N-dealkylation sites (N-methyl/N-ethyl adjacent to an activating group) is 1. The number of rotatable bonds is 3. The fraction of sp³-hybridized carbons (Fsp3) is 0.364. The monoisotopic (exact) mass is 177 g/mol. The third kappa shape index (κ3) is 2.39. The Kier molecular flexibility index (Phi) is 3.20. The van der Waals surface area contributed by atoms with Gasteiger partial charge in [-0.05, 0) is 27.0 Å². The molecule has 2 heteroatoms. The van der Waals surface area contributed by atoms with Gasteiger partial charge in [-0.3, -0.25) is 4.79 Å². The molecule has 0 aliphatic rings. The lowest BCUT2D eigenvalue weighted by molar-refractivity contribution is 0.0955. The fourth-order valence-electron chi connectivity index (χ4n) is 1.18. The fourth-order valence-corrected chi connectivity index (χ4v) is 1.18. The van der Waals surface area contributed by atoms with Crippen LogP contribution < -0.4 is 5.32 Å². The lowest BCUT2D eigenvalue weighted by Crippen LogP contribution is -2.30. The van der Waals surface area contributed by atoms with E-state index >= 15 is 0 Å². The van der Waals surface area contributed by atoms with Crippen LogP contribution in [-0.2, 0) is 0 Å². The summed E-state index contributed by atoms with van der Waals surface area (Å²) in [5, 5.41) is 2.93. The van der Waals surface area contributed by atoms with Gasteiger partial charge in [0, 0.05) is 5.56 Å². The first-order chi connectivity index (χ1) is 6.15. The average Bonchev–Trinajstić information content (AvgIpc) is 2.15. The molecule has 13 heavy (non-hydrogen) atoms. The molecule has 0 amide bonds. The second-order valence-corrected chi connectivity index (χ2v) is 3.24. The summed E-state index contributed by atoms with van der Waals surface area (Å²) in [5.41, 5.74) is 1.90. The number of aryl methyl sites for hydroxylation is 1. The number of carbonyl (C=O) groups excluding carboxylic acids is 1. The maximum absolute atomic E-state index is 11.7. The third-order valence-corrected chi connectivity index (χ3v) is 2.13. The number of hydrogen-bond acceptors (Lipinski definition) is 2. The van der Waals surface area contributed by atoms with E-state index in [-0.39, 0.29) is 11.8 Å². The molecule has 0 aliphatic heterocycles. The van der Waals surface area contributed by atoms with Crippen LogP contribution in [0, 0.1) is 6.92 Å². The molecule has 0 heterocycles. The van der Waals surface area contributed by atoms with E-state index in [1.165, 1.54) is 0 Å². The van der Waals surface area contributed by atoms with E-state index in [0.29, 0.717) is 0 Å². The Balaban J connectivity index is 2.89. The first-order valence-corrected chi connectivity index (χ1v) is 4.43. The van der Waals surface area contributed by atoms with Gasteiger partial charge in [-0.2, -0.15) is 0 Å². The molecule has 0 bridgehead atoms. The smallest absolute Gasteiger partial charge is 0.179 e. The first-order valence-electron chi connectivity index (χ1n) is 4.43. The molecule has 0 saturated heterocycles. The van der Waals surface area contributed by atoms with Gasteiger partial charge < -0.3 is 5.32 Å². The predicted molar refractivity (Wildman–Crippen MR) is 54.0 cm³/mol. The summed E-state index contributed by atoms with van der Waals surface area (Å²) >= 11 is 0. The molecule has 0 radical (unpaired) electrons. The van der Waals surface area contributed by atoms with Crippen molar-refractivity contribution in [1.82, 2.24) is 5.32 Å². The van der Waals surface area contributed by atoms with Crippen LogP contribution in [0.3, 0.4) is 0 Å². The van der Waals surface area contributed by atoms with E-state index in [9.17, 15) is 4.79 Å². The van der Waals surface area contributed by atoms with Gasteiger partial charge in [0.2, 0.25) is 0 Å². The minimum absolute atomic E-state index is 0.109. The van der Waals surface area contributed by atoms with Crippen LogP contribution in [0.5, 0.6) is 0 Å². The third-order valence-electron chi connectivity index (χ3n) is 2.13. The minimum atomic E-state index is -0.109. The Hall–Kier alpha value is -1.15. The summed E-state index contributed by atoms with van der Waals surface area (Å²) in [6.07, 6.45) is 0. The standard InChI is InChI=1S/C11H15NO/c1-8-5-4-6-10(7-8)11(13)9(2)12-3/h4-7,9,12H,1-3H3/t9-/m1/s1.